The first-order valence-corrected chi connectivity index (χ1v) is 11.1. The fourth-order valence-corrected chi connectivity index (χ4v) is 6.48. The maximum atomic E-state index is 13.3. The Morgan fingerprint density at radius 1 is 1.04 bits per heavy atom. The lowest BCUT2D eigenvalue weighted by molar-refractivity contribution is -0.132. The Hall–Kier alpha value is -1.93. The number of hydrogen-bond donors (Lipinski definition) is 2. The summed E-state index contributed by atoms with van der Waals surface area (Å²) in [4.78, 5) is 12.3. The summed E-state index contributed by atoms with van der Waals surface area (Å²) in [5.74, 6) is -0.513. The second-order valence-electron chi connectivity index (χ2n) is 7.35. The molecule has 0 bridgehead atoms. The van der Waals surface area contributed by atoms with Crippen LogP contribution >= 0.6 is 11.6 Å². The fourth-order valence-electron chi connectivity index (χ4n) is 4.48. The zero-order valence-corrected chi connectivity index (χ0v) is 16.7. The van der Waals surface area contributed by atoms with Crippen LogP contribution in [0.1, 0.15) is 25.7 Å². The maximum Gasteiger partial charge on any atom is 0.261 e. The van der Waals surface area contributed by atoms with E-state index in [4.69, 9.17) is 16.8 Å². The molecule has 2 fully saturated rings. The Bertz CT molecular complexity index is 976. The van der Waals surface area contributed by atoms with Crippen molar-refractivity contribution in [3.63, 3.8) is 0 Å². The normalized spacial score (nSPS) is 24.9. The molecule has 1 amide bonds. The quantitative estimate of drug-likeness (QED) is 0.586. The Morgan fingerprint density at radius 2 is 1.64 bits per heavy atom. The Balaban J connectivity index is 1.66. The summed E-state index contributed by atoms with van der Waals surface area (Å²) in [5.41, 5.74) is 3.44. The Morgan fingerprint density at radius 3 is 2.25 bits per heavy atom. The molecule has 0 unspecified atom stereocenters. The minimum Gasteiger partial charge on any atom is -0.289 e. The molecule has 8 heteroatoms. The van der Waals surface area contributed by atoms with Gasteiger partial charge in [0.05, 0.1) is 4.90 Å². The van der Waals surface area contributed by atoms with Crippen LogP contribution in [0.2, 0.25) is 5.02 Å². The third-order valence-corrected chi connectivity index (χ3v) is 8.00. The predicted molar refractivity (Wildman–Crippen MR) is 105 cm³/mol. The average molecular weight is 421 g/mol. The molecule has 0 spiro atoms. The number of nitrogens with zero attached hydrogens (tertiary/aromatic N) is 1. The fraction of sp³-hybridized carbons (Fsp3) is 0.350. The molecule has 2 aliphatic rings. The molecule has 4 rings (SSSR count). The third kappa shape index (κ3) is 3.33. The van der Waals surface area contributed by atoms with E-state index in [-0.39, 0.29) is 16.9 Å². The van der Waals surface area contributed by atoms with E-state index in [2.05, 4.69) is 0 Å². The van der Waals surface area contributed by atoms with E-state index in [1.807, 2.05) is 12.1 Å². The molecule has 6 nitrogen and oxygen atoms in total. The predicted octanol–water partition coefficient (Wildman–Crippen LogP) is 3.44. The lowest BCUT2D eigenvalue weighted by atomic mass is 10.0. The largest absolute Gasteiger partial charge is 0.289 e. The molecule has 1 aliphatic heterocycles. The second-order valence-corrected chi connectivity index (χ2v) is 9.63. The third-order valence-electron chi connectivity index (χ3n) is 5.80. The first-order valence-electron chi connectivity index (χ1n) is 9.25. The smallest absolute Gasteiger partial charge is 0.261 e. The minimum atomic E-state index is -3.86. The highest BCUT2D eigenvalue weighted by molar-refractivity contribution is 7.89. The first-order chi connectivity index (χ1) is 13.4. The monoisotopic (exact) mass is 420 g/mol. The number of benzene rings is 2. The number of amides is 1. The number of sulfonamides is 1. The lowest BCUT2D eigenvalue weighted by Crippen LogP contribution is -2.48. The standard InChI is InChI=1S/C20H21ClN2O4S/c21-16-8-4-13(5-9-16)14-6-10-17(11-7-14)28(26,27)23-18-3-1-2-15(18)12-19(23)20(24)22-25/h4-11,15,18-19,25H,1-3,12H2,(H,22,24)/t15-,18-,19-/m1/s1. The molecule has 148 valence electrons. The number of hydroxylamine groups is 1. The summed E-state index contributed by atoms with van der Waals surface area (Å²) in [5, 5.41) is 9.70. The minimum absolute atomic E-state index is 0.147. The van der Waals surface area contributed by atoms with Crippen molar-refractivity contribution in [1.82, 2.24) is 9.79 Å². The summed E-state index contributed by atoms with van der Waals surface area (Å²) < 4.78 is 28.0. The Kier molecular flexibility index (Phi) is 5.18. The molecule has 1 saturated heterocycles. The molecule has 0 aromatic heterocycles. The van der Waals surface area contributed by atoms with Crippen molar-refractivity contribution in [2.75, 3.05) is 0 Å². The molecule has 1 heterocycles. The van der Waals surface area contributed by atoms with E-state index in [0.717, 1.165) is 30.4 Å². The van der Waals surface area contributed by atoms with Gasteiger partial charge in [-0.05, 0) is 60.6 Å². The van der Waals surface area contributed by atoms with Gasteiger partial charge in [0.1, 0.15) is 6.04 Å². The number of hydrogen-bond acceptors (Lipinski definition) is 4. The lowest BCUT2D eigenvalue weighted by Gasteiger charge is -2.27. The van der Waals surface area contributed by atoms with Gasteiger partial charge in [-0.2, -0.15) is 4.31 Å². The first kappa shape index (κ1) is 19.4. The van der Waals surface area contributed by atoms with Crippen LogP contribution in [0.5, 0.6) is 0 Å². The van der Waals surface area contributed by atoms with E-state index in [0.29, 0.717) is 11.4 Å². The highest BCUT2D eigenvalue weighted by Gasteiger charge is 2.52. The van der Waals surface area contributed by atoms with Gasteiger partial charge in [-0.1, -0.05) is 42.3 Å². The van der Waals surface area contributed by atoms with Crippen LogP contribution in [0.25, 0.3) is 11.1 Å². The van der Waals surface area contributed by atoms with Gasteiger partial charge in [0.25, 0.3) is 5.91 Å². The van der Waals surface area contributed by atoms with Gasteiger partial charge < -0.3 is 0 Å². The molecule has 28 heavy (non-hydrogen) atoms. The van der Waals surface area contributed by atoms with Gasteiger partial charge in [-0.25, -0.2) is 13.9 Å². The SMILES string of the molecule is O=C(NO)[C@H]1C[C@H]2CCC[C@H]2N1S(=O)(=O)c1ccc(-c2ccc(Cl)cc2)cc1. The molecule has 3 atom stereocenters. The van der Waals surface area contributed by atoms with Crippen molar-refractivity contribution in [2.24, 2.45) is 5.92 Å². The molecule has 0 radical (unpaired) electrons. The highest BCUT2D eigenvalue weighted by Crippen LogP contribution is 2.44. The molecule has 2 N–H and O–H groups in total. The van der Waals surface area contributed by atoms with Crippen LogP contribution < -0.4 is 5.48 Å². The number of carbonyl (C=O) groups excluding carboxylic acids is 1. The maximum absolute atomic E-state index is 13.3. The summed E-state index contributed by atoms with van der Waals surface area (Å²) in [6.45, 7) is 0. The van der Waals surface area contributed by atoms with E-state index < -0.39 is 22.0 Å². The highest BCUT2D eigenvalue weighted by atomic mass is 35.5. The van der Waals surface area contributed by atoms with Gasteiger partial charge in [0, 0.05) is 11.1 Å². The van der Waals surface area contributed by atoms with Crippen molar-refractivity contribution in [3.05, 3.63) is 53.6 Å². The van der Waals surface area contributed by atoms with Crippen LogP contribution in [-0.4, -0.2) is 35.9 Å². The van der Waals surface area contributed by atoms with Gasteiger partial charge in [-0.3, -0.25) is 10.0 Å². The Labute approximate surface area is 169 Å². The molecule has 1 aliphatic carbocycles. The van der Waals surface area contributed by atoms with Gasteiger partial charge in [0.15, 0.2) is 0 Å². The van der Waals surface area contributed by atoms with Gasteiger partial charge >= 0.3 is 0 Å². The van der Waals surface area contributed by atoms with E-state index in [1.165, 1.54) is 4.31 Å². The van der Waals surface area contributed by atoms with Crippen molar-refractivity contribution in [3.8, 4) is 11.1 Å². The van der Waals surface area contributed by atoms with Crippen molar-refractivity contribution >= 4 is 27.5 Å². The number of fused-ring (bicyclic) bond motifs is 1. The van der Waals surface area contributed by atoms with Crippen molar-refractivity contribution in [1.29, 1.82) is 0 Å². The van der Waals surface area contributed by atoms with Crippen LogP contribution in [0, 0.1) is 5.92 Å². The van der Waals surface area contributed by atoms with Crippen molar-refractivity contribution < 1.29 is 18.4 Å². The van der Waals surface area contributed by atoms with Gasteiger partial charge in [-0.15, -0.1) is 0 Å². The molecule has 2 aromatic rings. The van der Waals surface area contributed by atoms with Crippen LogP contribution in [-0.2, 0) is 14.8 Å². The van der Waals surface area contributed by atoms with Gasteiger partial charge in [0.2, 0.25) is 10.0 Å². The van der Waals surface area contributed by atoms with Crippen LogP contribution in [0.3, 0.4) is 0 Å². The summed E-state index contributed by atoms with van der Waals surface area (Å²) in [6.07, 6.45) is 3.03. The molecule has 2 aromatic carbocycles. The van der Waals surface area contributed by atoms with Crippen LogP contribution in [0.15, 0.2) is 53.4 Å². The van der Waals surface area contributed by atoms with E-state index >= 15 is 0 Å². The number of nitrogens with one attached hydrogen (secondary N) is 1. The molecular weight excluding hydrogens is 400 g/mol. The average Bonchev–Trinajstić information content (AvgIpc) is 3.29. The molecule has 1 saturated carbocycles. The zero-order valence-electron chi connectivity index (χ0n) is 15.1. The summed E-state index contributed by atoms with van der Waals surface area (Å²) in [6, 6.07) is 12.9. The number of rotatable bonds is 4. The van der Waals surface area contributed by atoms with Crippen LogP contribution in [0.4, 0.5) is 0 Å². The van der Waals surface area contributed by atoms with E-state index in [9.17, 15) is 13.2 Å². The summed E-state index contributed by atoms with van der Waals surface area (Å²) >= 11 is 5.92. The topological polar surface area (TPSA) is 86.7 Å². The van der Waals surface area contributed by atoms with E-state index in [1.54, 1.807) is 41.9 Å². The summed E-state index contributed by atoms with van der Waals surface area (Å²) in [7, 11) is -3.86. The zero-order chi connectivity index (χ0) is 19.9. The number of halogens is 1. The number of carbonyl (C=O) groups is 1. The molecular formula is C20H21ClN2O4S. The second kappa shape index (κ2) is 7.48. The van der Waals surface area contributed by atoms with Crippen molar-refractivity contribution in [2.45, 2.75) is 42.7 Å².